The molecule has 0 bridgehead atoms. The lowest BCUT2D eigenvalue weighted by atomic mass is 9.78. The largest absolute Gasteiger partial charge is 0.443 e. The van der Waals surface area contributed by atoms with Gasteiger partial charge in [-0.25, -0.2) is 14.2 Å². The van der Waals surface area contributed by atoms with Crippen molar-refractivity contribution < 1.29 is 18.2 Å². The van der Waals surface area contributed by atoms with Gasteiger partial charge in [0.2, 0.25) is 0 Å². The molecule has 4 N–H and O–H groups in total. The number of benzene rings is 2. The summed E-state index contributed by atoms with van der Waals surface area (Å²) in [5, 5.41) is 11.3. The maximum absolute atomic E-state index is 13.2. The van der Waals surface area contributed by atoms with Gasteiger partial charge >= 0.3 is 15.3 Å². The molecule has 202 valence electrons. The lowest BCUT2D eigenvalue weighted by Gasteiger charge is -2.28. The van der Waals surface area contributed by atoms with E-state index in [2.05, 4.69) is 53.9 Å². The van der Waals surface area contributed by atoms with Gasteiger partial charge in [-0.05, 0) is 70.0 Å². The molecule has 10 heteroatoms. The Balaban J connectivity index is 2.22. The van der Waals surface area contributed by atoms with Crippen LogP contribution >= 0.6 is 15.3 Å². The number of allylic oxidation sites excluding steroid dienone is 3. The summed E-state index contributed by atoms with van der Waals surface area (Å²) < 4.78 is 37.9. The fourth-order valence-corrected chi connectivity index (χ4v) is 6.91. The van der Waals surface area contributed by atoms with Crippen LogP contribution in [0.5, 0.6) is 11.5 Å². The molecule has 2 rings (SSSR count). The molecule has 0 saturated carbocycles. The van der Waals surface area contributed by atoms with E-state index in [4.69, 9.17) is 9.05 Å². The van der Waals surface area contributed by atoms with Crippen LogP contribution in [-0.2, 0) is 14.5 Å². The molecule has 0 aliphatic carbocycles. The highest BCUT2D eigenvalue weighted by molar-refractivity contribution is 7.55. The van der Waals surface area contributed by atoms with Crippen LogP contribution in [0, 0.1) is 0 Å². The molecule has 37 heavy (non-hydrogen) atoms. The van der Waals surface area contributed by atoms with Gasteiger partial charge in [0.05, 0.1) is 0 Å². The summed E-state index contributed by atoms with van der Waals surface area (Å²) in [5.41, 5.74) is 3.27. The second kappa shape index (κ2) is 12.1. The third-order valence-corrected chi connectivity index (χ3v) is 8.88. The summed E-state index contributed by atoms with van der Waals surface area (Å²) in [4.78, 5) is 0. The van der Waals surface area contributed by atoms with Crippen LogP contribution in [0.3, 0.4) is 0 Å². The van der Waals surface area contributed by atoms with Crippen molar-refractivity contribution in [3.63, 3.8) is 0 Å². The number of hydrogen-bond acceptors (Lipinski definition) is 4. The first kappa shape index (κ1) is 30.3. The quantitative estimate of drug-likeness (QED) is 0.183. The maximum atomic E-state index is 13.2. The van der Waals surface area contributed by atoms with Gasteiger partial charge < -0.3 is 9.05 Å². The molecule has 0 aromatic heterocycles. The Morgan fingerprint density at radius 2 is 1.03 bits per heavy atom. The van der Waals surface area contributed by atoms with Gasteiger partial charge in [-0.15, -0.1) is 0 Å². The normalized spacial score (nSPS) is 13.3. The number of nitrogens with one attached hydrogen (secondary N) is 4. The summed E-state index contributed by atoms with van der Waals surface area (Å²) in [5.74, 6) is 0.909. The van der Waals surface area contributed by atoms with Crippen molar-refractivity contribution in [3.8, 4) is 11.5 Å². The molecule has 1 unspecified atom stereocenters. The van der Waals surface area contributed by atoms with E-state index in [-0.39, 0.29) is 11.5 Å². The lowest BCUT2D eigenvalue weighted by molar-refractivity contribution is 0.450. The summed E-state index contributed by atoms with van der Waals surface area (Å²) >= 11 is 0. The van der Waals surface area contributed by atoms with E-state index < -0.39 is 15.3 Å². The maximum Gasteiger partial charge on any atom is 0.443 e. The van der Waals surface area contributed by atoms with E-state index >= 15 is 0 Å². The standard InChI is InChI=1S/C27H40N4O4P2/c1-19(2)28-36(32,29-20(3)4)34-25-15-11-23(12-16-25)27(9,10)24-13-17-26(18-14-24)35-37(33,30-21(5)6)31-22(7)8/h11-18,22H,1,3,5H2,2,4,6-10H3,(H2,28,29,32)(H2,30,31,33). The third-order valence-electron chi connectivity index (χ3n) is 5.06. The molecule has 0 aliphatic rings. The van der Waals surface area contributed by atoms with Gasteiger partial charge in [-0.1, -0.05) is 57.8 Å². The topological polar surface area (TPSA) is 101 Å². The molecule has 1 atom stereocenters. The predicted octanol–water partition coefficient (Wildman–Crippen LogP) is 7.35. The highest BCUT2D eigenvalue weighted by Crippen LogP contribution is 2.43. The predicted molar refractivity (Wildman–Crippen MR) is 154 cm³/mol. The van der Waals surface area contributed by atoms with Crippen LogP contribution in [0.1, 0.15) is 59.6 Å². The summed E-state index contributed by atoms with van der Waals surface area (Å²) in [6.07, 6.45) is 0. The molecule has 0 amide bonds. The second-order valence-corrected chi connectivity index (χ2v) is 13.4. The molecule has 8 nitrogen and oxygen atoms in total. The highest BCUT2D eigenvalue weighted by atomic mass is 31.2. The van der Waals surface area contributed by atoms with Crippen LogP contribution in [0.2, 0.25) is 0 Å². The first-order chi connectivity index (χ1) is 17.0. The van der Waals surface area contributed by atoms with Crippen molar-refractivity contribution >= 4 is 15.3 Å². The zero-order valence-electron chi connectivity index (χ0n) is 22.8. The lowest BCUT2D eigenvalue weighted by Crippen LogP contribution is -2.29. The first-order valence-electron chi connectivity index (χ1n) is 11.9. The van der Waals surface area contributed by atoms with Gasteiger partial charge in [0, 0.05) is 28.5 Å². The molecule has 0 aliphatic heterocycles. The minimum absolute atomic E-state index is 0.0510. The Morgan fingerprint density at radius 1 is 0.703 bits per heavy atom. The molecule has 0 radical (unpaired) electrons. The fraction of sp³-hybridized carbons (Fsp3) is 0.333. The van der Waals surface area contributed by atoms with Crippen molar-refractivity contribution in [1.82, 2.24) is 20.3 Å². The fourth-order valence-electron chi connectivity index (χ4n) is 3.58. The monoisotopic (exact) mass is 546 g/mol. The average Bonchev–Trinajstić information content (AvgIpc) is 2.71. The molecule has 2 aromatic rings. The Hall–Kier alpha value is -2.92. The minimum atomic E-state index is -3.46. The molecular weight excluding hydrogens is 506 g/mol. The van der Waals surface area contributed by atoms with Crippen LogP contribution in [0.25, 0.3) is 0 Å². The smallest absolute Gasteiger partial charge is 0.418 e. The molecule has 0 fully saturated rings. The Bertz CT molecular complexity index is 1200. The molecule has 0 heterocycles. The zero-order chi connectivity index (χ0) is 28.0. The molecule has 0 spiro atoms. The Kier molecular flexibility index (Phi) is 9.90. The molecule has 0 saturated heterocycles. The van der Waals surface area contributed by atoms with Crippen LogP contribution < -0.4 is 29.4 Å². The third kappa shape index (κ3) is 9.15. The average molecular weight is 547 g/mol. The second-order valence-electron chi connectivity index (χ2n) is 9.92. The van der Waals surface area contributed by atoms with Gasteiger partial charge in [-0.3, -0.25) is 15.3 Å². The minimum Gasteiger partial charge on any atom is -0.418 e. The van der Waals surface area contributed by atoms with Gasteiger partial charge in [0.15, 0.2) is 0 Å². The molecular formula is C27H40N4O4P2. The first-order valence-corrected chi connectivity index (χ1v) is 15.2. The van der Waals surface area contributed by atoms with E-state index in [1.54, 1.807) is 45.0 Å². The highest BCUT2D eigenvalue weighted by Gasteiger charge is 2.28. The van der Waals surface area contributed by atoms with Gasteiger partial charge in [0.25, 0.3) is 0 Å². The van der Waals surface area contributed by atoms with Gasteiger partial charge in [0.1, 0.15) is 11.5 Å². The van der Waals surface area contributed by atoms with E-state index in [1.807, 2.05) is 38.1 Å². The number of hydrogen-bond donors (Lipinski definition) is 4. The van der Waals surface area contributed by atoms with Crippen LogP contribution in [0.15, 0.2) is 85.4 Å². The van der Waals surface area contributed by atoms with Crippen LogP contribution in [-0.4, -0.2) is 6.04 Å². The SMILES string of the molecule is C=C(C)NP(=O)(NC(=C)C)Oc1ccc(C(C)(C)c2ccc(OP(=O)(NC(=C)C)NC(C)C)cc2)cc1. The molecule has 2 aromatic carbocycles. The van der Waals surface area contributed by atoms with Crippen molar-refractivity contribution in [2.75, 3.05) is 0 Å². The van der Waals surface area contributed by atoms with Crippen LogP contribution in [0.4, 0.5) is 0 Å². The van der Waals surface area contributed by atoms with Crippen molar-refractivity contribution in [3.05, 3.63) is 96.5 Å². The Labute approximate surface area is 221 Å². The van der Waals surface area contributed by atoms with E-state index in [9.17, 15) is 9.13 Å². The van der Waals surface area contributed by atoms with E-state index in [0.717, 1.165) is 11.1 Å². The Morgan fingerprint density at radius 3 is 1.35 bits per heavy atom. The summed E-state index contributed by atoms with van der Waals surface area (Å²) in [6, 6.07) is 14.9. The van der Waals surface area contributed by atoms with E-state index in [0.29, 0.717) is 28.6 Å². The van der Waals surface area contributed by atoms with Gasteiger partial charge in [-0.2, -0.15) is 0 Å². The summed E-state index contributed by atoms with van der Waals surface area (Å²) in [6.45, 7) is 24.4. The van der Waals surface area contributed by atoms with Crippen molar-refractivity contribution in [2.24, 2.45) is 0 Å². The van der Waals surface area contributed by atoms with Crippen molar-refractivity contribution in [1.29, 1.82) is 0 Å². The van der Waals surface area contributed by atoms with Crippen molar-refractivity contribution in [2.45, 2.75) is 59.9 Å². The zero-order valence-corrected chi connectivity index (χ0v) is 24.6. The summed E-state index contributed by atoms with van der Waals surface area (Å²) in [7, 11) is -6.83. The number of rotatable bonds is 14. The van der Waals surface area contributed by atoms with E-state index in [1.165, 1.54) is 0 Å².